The van der Waals surface area contributed by atoms with Gasteiger partial charge in [-0.25, -0.2) is 4.68 Å². The number of alkyl halides is 3. The molecule has 150 valence electrons. The van der Waals surface area contributed by atoms with E-state index in [-0.39, 0.29) is 17.9 Å². The monoisotopic (exact) mass is 420 g/mol. The predicted octanol–water partition coefficient (Wildman–Crippen LogP) is 5.45. The van der Waals surface area contributed by atoms with E-state index in [2.05, 4.69) is 15.7 Å². The smallest absolute Gasteiger partial charge is 0.363 e. The third-order valence-corrected chi connectivity index (χ3v) is 4.98. The minimum atomic E-state index is -4.50. The molecule has 4 rings (SSSR count). The Morgan fingerprint density at radius 2 is 1.83 bits per heavy atom. The normalized spacial score (nSPS) is 18.6. The van der Waals surface area contributed by atoms with Gasteiger partial charge in [-0.2, -0.15) is 18.3 Å². The summed E-state index contributed by atoms with van der Waals surface area (Å²) in [4.78, 5) is 12.5. The van der Waals surface area contributed by atoms with Gasteiger partial charge in [0.1, 0.15) is 5.82 Å². The van der Waals surface area contributed by atoms with E-state index in [1.807, 2.05) is 0 Å². The lowest BCUT2D eigenvalue weighted by molar-refractivity contribution is -0.173. The van der Waals surface area contributed by atoms with Crippen LogP contribution in [0.4, 0.5) is 24.7 Å². The molecule has 2 atom stereocenters. The molecule has 1 aliphatic heterocycles. The molecule has 5 nitrogen and oxygen atoms in total. The third-order valence-electron chi connectivity index (χ3n) is 4.73. The molecule has 1 amide bonds. The van der Waals surface area contributed by atoms with Crippen LogP contribution >= 0.6 is 11.6 Å². The maximum atomic E-state index is 13.7. The molecule has 0 unspecified atom stereocenters. The number of carbonyl (C=O) groups is 1. The number of hydrogen-bond donors (Lipinski definition) is 2. The van der Waals surface area contributed by atoms with Crippen molar-refractivity contribution >= 4 is 29.0 Å². The van der Waals surface area contributed by atoms with Crippen molar-refractivity contribution in [2.45, 2.75) is 24.7 Å². The first kappa shape index (κ1) is 19.3. The molecule has 1 aromatic heterocycles. The number of hydrogen-bond acceptors (Lipinski definition) is 3. The second kappa shape index (κ2) is 7.44. The fraction of sp³-hybridized carbons (Fsp3) is 0.200. The Morgan fingerprint density at radius 1 is 1.14 bits per heavy atom. The highest BCUT2D eigenvalue weighted by molar-refractivity contribution is 6.30. The van der Waals surface area contributed by atoms with Crippen LogP contribution in [0.3, 0.4) is 0 Å². The van der Waals surface area contributed by atoms with Gasteiger partial charge in [0.25, 0.3) is 5.91 Å². The van der Waals surface area contributed by atoms with Crippen LogP contribution in [0.5, 0.6) is 0 Å². The summed E-state index contributed by atoms with van der Waals surface area (Å²) in [5.74, 6) is -0.457. The number of rotatable bonds is 3. The molecular weight excluding hydrogens is 405 g/mol. The van der Waals surface area contributed by atoms with E-state index in [1.165, 1.54) is 6.07 Å². The molecule has 29 heavy (non-hydrogen) atoms. The lowest BCUT2D eigenvalue weighted by Gasteiger charge is -2.33. The number of nitrogens with one attached hydrogen (secondary N) is 2. The van der Waals surface area contributed by atoms with E-state index in [1.54, 1.807) is 54.6 Å². The van der Waals surface area contributed by atoms with Gasteiger partial charge in [-0.05, 0) is 29.8 Å². The van der Waals surface area contributed by atoms with Gasteiger partial charge >= 0.3 is 6.18 Å². The van der Waals surface area contributed by atoms with Crippen molar-refractivity contribution in [3.8, 4) is 0 Å². The Bertz CT molecular complexity index is 1020. The summed E-state index contributed by atoms with van der Waals surface area (Å²) in [6.45, 7) is 0. The van der Waals surface area contributed by atoms with E-state index < -0.39 is 24.2 Å². The number of halogens is 4. The minimum absolute atomic E-state index is 0.106. The van der Waals surface area contributed by atoms with Crippen molar-refractivity contribution in [3.05, 3.63) is 76.9 Å². The molecule has 0 bridgehead atoms. The van der Waals surface area contributed by atoms with Gasteiger partial charge in [0, 0.05) is 23.2 Å². The number of benzene rings is 2. The molecule has 0 saturated heterocycles. The Labute approximate surface area is 169 Å². The summed E-state index contributed by atoms with van der Waals surface area (Å²) in [6.07, 6.45) is -4.72. The number of amides is 1. The third kappa shape index (κ3) is 4.07. The zero-order valence-corrected chi connectivity index (χ0v) is 15.7. The average molecular weight is 421 g/mol. The molecule has 3 aromatic rings. The summed E-state index contributed by atoms with van der Waals surface area (Å²) in [5, 5.41) is 10.1. The SMILES string of the molecule is O=C(Nc1ccc(Cl)cc1)c1cc2n(n1)[C@H](C(F)(F)F)C[C@H](c1ccccc1)N2. The van der Waals surface area contributed by atoms with Gasteiger partial charge in [0.15, 0.2) is 11.7 Å². The summed E-state index contributed by atoms with van der Waals surface area (Å²) in [5.41, 5.74) is 1.10. The van der Waals surface area contributed by atoms with Crippen LogP contribution in [0, 0.1) is 0 Å². The van der Waals surface area contributed by atoms with Gasteiger partial charge in [-0.15, -0.1) is 0 Å². The van der Waals surface area contributed by atoms with Crippen LogP contribution in [-0.2, 0) is 0 Å². The molecule has 2 N–H and O–H groups in total. The quantitative estimate of drug-likeness (QED) is 0.592. The first-order valence-electron chi connectivity index (χ1n) is 8.86. The number of anilines is 2. The molecule has 2 aromatic carbocycles. The van der Waals surface area contributed by atoms with Crippen LogP contribution in [0.1, 0.15) is 34.6 Å². The van der Waals surface area contributed by atoms with Crippen molar-refractivity contribution in [1.82, 2.24) is 9.78 Å². The van der Waals surface area contributed by atoms with E-state index >= 15 is 0 Å². The lowest BCUT2D eigenvalue weighted by atomic mass is 9.97. The first-order valence-corrected chi connectivity index (χ1v) is 9.24. The second-order valence-electron chi connectivity index (χ2n) is 6.72. The van der Waals surface area contributed by atoms with Crippen LogP contribution < -0.4 is 10.6 Å². The number of carbonyl (C=O) groups excluding carboxylic acids is 1. The summed E-state index contributed by atoms with van der Waals surface area (Å²) in [7, 11) is 0. The second-order valence-corrected chi connectivity index (χ2v) is 7.16. The largest absolute Gasteiger partial charge is 0.410 e. The van der Waals surface area contributed by atoms with Crippen LogP contribution in [0.25, 0.3) is 0 Å². The van der Waals surface area contributed by atoms with Crippen LogP contribution in [-0.4, -0.2) is 21.9 Å². The molecular formula is C20H16ClF3N4O. The predicted molar refractivity (Wildman–Crippen MR) is 104 cm³/mol. The van der Waals surface area contributed by atoms with E-state index in [0.717, 1.165) is 10.2 Å². The Kier molecular flexibility index (Phi) is 4.96. The highest BCUT2D eigenvalue weighted by Crippen LogP contribution is 2.43. The summed E-state index contributed by atoms with van der Waals surface area (Å²) in [6, 6.07) is 14.2. The molecule has 0 radical (unpaired) electrons. The maximum Gasteiger partial charge on any atom is 0.410 e. The zero-order valence-electron chi connectivity index (χ0n) is 14.9. The van der Waals surface area contributed by atoms with Crippen molar-refractivity contribution in [1.29, 1.82) is 0 Å². The van der Waals surface area contributed by atoms with Gasteiger partial charge in [0.05, 0.1) is 6.04 Å². The lowest BCUT2D eigenvalue weighted by Crippen LogP contribution is -2.35. The van der Waals surface area contributed by atoms with E-state index in [4.69, 9.17) is 11.6 Å². The van der Waals surface area contributed by atoms with Crippen LogP contribution in [0.2, 0.25) is 5.02 Å². The number of fused-ring (bicyclic) bond motifs is 1. The molecule has 0 spiro atoms. The van der Waals surface area contributed by atoms with Crippen molar-refractivity contribution in [2.24, 2.45) is 0 Å². The maximum absolute atomic E-state index is 13.7. The highest BCUT2D eigenvalue weighted by atomic mass is 35.5. The zero-order chi connectivity index (χ0) is 20.6. The van der Waals surface area contributed by atoms with Crippen molar-refractivity contribution in [2.75, 3.05) is 10.6 Å². The molecule has 9 heteroatoms. The fourth-order valence-electron chi connectivity index (χ4n) is 3.32. The number of nitrogens with zero attached hydrogens (tertiary/aromatic N) is 2. The Hall–Kier alpha value is -3.00. The van der Waals surface area contributed by atoms with Gasteiger partial charge in [-0.1, -0.05) is 41.9 Å². The Balaban J connectivity index is 1.63. The summed E-state index contributed by atoms with van der Waals surface area (Å²) >= 11 is 5.81. The van der Waals surface area contributed by atoms with E-state index in [0.29, 0.717) is 10.7 Å². The average Bonchev–Trinajstić information content (AvgIpc) is 3.13. The molecule has 0 aliphatic carbocycles. The highest BCUT2D eigenvalue weighted by Gasteiger charge is 2.46. The van der Waals surface area contributed by atoms with Crippen molar-refractivity contribution < 1.29 is 18.0 Å². The standard InChI is InChI=1S/C20H16ClF3N4O/c21-13-6-8-14(9-7-13)25-19(29)16-11-18-26-15(12-4-2-1-3-5-12)10-17(20(22,23)24)28(18)27-16/h1-9,11,15,17,26H,10H2,(H,25,29)/t15-,17+/m1/s1. The van der Waals surface area contributed by atoms with E-state index in [9.17, 15) is 18.0 Å². The minimum Gasteiger partial charge on any atom is -0.363 e. The van der Waals surface area contributed by atoms with Crippen LogP contribution in [0.15, 0.2) is 60.7 Å². The van der Waals surface area contributed by atoms with Gasteiger partial charge in [-0.3, -0.25) is 4.79 Å². The fourth-order valence-corrected chi connectivity index (χ4v) is 3.44. The topological polar surface area (TPSA) is 59.0 Å². The molecule has 0 fully saturated rings. The van der Waals surface area contributed by atoms with Gasteiger partial charge < -0.3 is 10.6 Å². The first-order chi connectivity index (χ1) is 13.8. The molecule has 1 aliphatic rings. The van der Waals surface area contributed by atoms with Crippen molar-refractivity contribution in [3.63, 3.8) is 0 Å². The summed E-state index contributed by atoms with van der Waals surface area (Å²) < 4.78 is 42.0. The van der Waals surface area contributed by atoms with Gasteiger partial charge in [0.2, 0.25) is 0 Å². The molecule has 0 saturated carbocycles. The Morgan fingerprint density at radius 3 is 2.48 bits per heavy atom. The number of aromatic nitrogens is 2. The molecule has 2 heterocycles.